The molecular weight excluding hydrogens is 350 g/mol. The van der Waals surface area contributed by atoms with Gasteiger partial charge in [-0.3, -0.25) is 9.59 Å². The summed E-state index contributed by atoms with van der Waals surface area (Å²) in [5.41, 5.74) is 8.41. The second-order valence-electron chi connectivity index (χ2n) is 7.60. The summed E-state index contributed by atoms with van der Waals surface area (Å²) in [6.45, 7) is 8.68. The van der Waals surface area contributed by atoms with E-state index in [4.69, 9.17) is 5.73 Å². The maximum absolute atomic E-state index is 12.9. The van der Waals surface area contributed by atoms with E-state index >= 15 is 0 Å². The second-order valence-corrected chi connectivity index (χ2v) is 7.60. The first-order valence-electron chi connectivity index (χ1n) is 9.26. The summed E-state index contributed by atoms with van der Waals surface area (Å²) >= 11 is 0. The number of carbonyl (C=O) groups excluding carboxylic acids is 2. The summed E-state index contributed by atoms with van der Waals surface area (Å²) < 4.78 is 0. The number of hydrogen-bond acceptors (Lipinski definition) is 3. The van der Waals surface area contributed by atoms with Gasteiger partial charge in [-0.05, 0) is 62.8 Å². The topological polar surface area (TPSA) is 75.4 Å². The molecular formula is C20H32ClN3O2. The van der Waals surface area contributed by atoms with Gasteiger partial charge in [0, 0.05) is 36.3 Å². The normalized spacial score (nSPS) is 18.2. The number of piperidine rings is 1. The molecule has 0 aliphatic carbocycles. The maximum atomic E-state index is 12.9. The molecule has 2 atom stereocenters. The van der Waals surface area contributed by atoms with Crippen LogP contribution in [-0.2, 0) is 4.79 Å². The van der Waals surface area contributed by atoms with E-state index in [9.17, 15) is 9.59 Å². The Balaban J connectivity index is 0.00000338. The van der Waals surface area contributed by atoms with Crippen molar-refractivity contribution in [1.82, 2.24) is 4.90 Å². The summed E-state index contributed by atoms with van der Waals surface area (Å²) in [5.74, 6) is 0.353. The summed E-state index contributed by atoms with van der Waals surface area (Å²) in [6, 6.07) is 5.56. The first kappa shape index (κ1) is 22.5. The van der Waals surface area contributed by atoms with Gasteiger partial charge in [-0.2, -0.15) is 0 Å². The number of likely N-dealkylation sites (tertiary alicyclic amines) is 1. The summed E-state index contributed by atoms with van der Waals surface area (Å²) in [6.07, 6.45) is 3.60. The molecule has 26 heavy (non-hydrogen) atoms. The van der Waals surface area contributed by atoms with E-state index in [1.807, 2.05) is 44.7 Å². The number of hydrogen-bond donors (Lipinski definition) is 2. The SMILES string of the molecule is Cc1cc(C(=O)N2CCCCC2C(C)N)ccc1NC(=O)CC(C)C.Cl. The van der Waals surface area contributed by atoms with Gasteiger partial charge in [-0.15, -0.1) is 12.4 Å². The van der Waals surface area contributed by atoms with Crippen molar-refractivity contribution in [3.05, 3.63) is 29.3 Å². The fourth-order valence-electron chi connectivity index (χ4n) is 3.43. The Hall–Kier alpha value is -1.59. The van der Waals surface area contributed by atoms with E-state index in [0.29, 0.717) is 17.9 Å². The lowest BCUT2D eigenvalue weighted by molar-refractivity contribution is -0.116. The lowest BCUT2D eigenvalue weighted by Crippen LogP contribution is -2.51. The van der Waals surface area contributed by atoms with Crippen molar-refractivity contribution in [3.8, 4) is 0 Å². The first-order valence-corrected chi connectivity index (χ1v) is 9.26. The fraction of sp³-hybridized carbons (Fsp3) is 0.600. The quantitative estimate of drug-likeness (QED) is 0.815. The van der Waals surface area contributed by atoms with Gasteiger partial charge in [0.25, 0.3) is 5.91 Å². The summed E-state index contributed by atoms with van der Waals surface area (Å²) in [7, 11) is 0. The smallest absolute Gasteiger partial charge is 0.254 e. The van der Waals surface area contributed by atoms with Crippen LogP contribution in [0.2, 0.25) is 0 Å². The standard InChI is InChI=1S/C20H31N3O2.ClH/c1-13(2)11-19(24)22-17-9-8-16(12-14(17)3)20(25)23-10-6-5-7-18(23)15(4)21;/h8-9,12-13,15,18H,5-7,10-11,21H2,1-4H3,(H,22,24);1H. The van der Waals surface area contributed by atoms with Gasteiger partial charge in [0.1, 0.15) is 0 Å². The molecule has 2 rings (SSSR count). The molecule has 0 spiro atoms. The van der Waals surface area contributed by atoms with Crippen LogP contribution in [0.15, 0.2) is 18.2 Å². The van der Waals surface area contributed by atoms with Gasteiger partial charge >= 0.3 is 0 Å². The van der Waals surface area contributed by atoms with Gasteiger partial charge < -0.3 is 16.0 Å². The highest BCUT2D eigenvalue weighted by atomic mass is 35.5. The van der Waals surface area contributed by atoms with Crippen molar-refractivity contribution in [1.29, 1.82) is 0 Å². The minimum absolute atomic E-state index is 0. The van der Waals surface area contributed by atoms with Crippen molar-refractivity contribution >= 4 is 29.9 Å². The van der Waals surface area contributed by atoms with Gasteiger partial charge in [-0.25, -0.2) is 0 Å². The number of aryl methyl sites for hydroxylation is 1. The molecule has 1 fully saturated rings. The van der Waals surface area contributed by atoms with Crippen LogP contribution >= 0.6 is 12.4 Å². The summed E-state index contributed by atoms with van der Waals surface area (Å²) in [4.78, 5) is 26.8. The van der Waals surface area contributed by atoms with E-state index < -0.39 is 0 Å². The highest BCUT2D eigenvalue weighted by Crippen LogP contribution is 2.24. The van der Waals surface area contributed by atoms with Crippen LogP contribution in [0.1, 0.15) is 62.4 Å². The molecule has 6 heteroatoms. The molecule has 0 aromatic heterocycles. The van der Waals surface area contributed by atoms with Crippen LogP contribution in [0.3, 0.4) is 0 Å². The van der Waals surface area contributed by atoms with E-state index in [-0.39, 0.29) is 36.3 Å². The zero-order valence-corrected chi connectivity index (χ0v) is 17.1. The average Bonchev–Trinajstić information content (AvgIpc) is 2.55. The molecule has 5 nitrogen and oxygen atoms in total. The van der Waals surface area contributed by atoms with Crippen LogP contribution in [0.25, 0.3) is 0 Å². The lowest BCUT2D eigenvalue weighted by Gasteiger charge is -2.38. The van der Waals surface area contributed by atoms with Crippen LogP contribution in [0, 0.1) is 12.8 Å². The van der Waals surface area contributed by atoms with Crippen LogP contribution in [-0.4, -0.2) is 35.3 Å². The Morgan fingerprint density at radius 2 is 1.96 bits per heavy atom. The molecule has 0 radical (unpaired) electrons. The monoisotopic (exact) mass is 381 g/mol. The molecule has 1 aliphatic rings. The molecule has 1 aromatic rings. The van der Waals surface area contributed by atoms with Gasteiger partial charge in [-0.1, -0.05) is 13.8 Å². The molecule has 1 saturated heterocycles. The molecule has 1 aliphatic heterocycles. The minimum Gasteiger partial charge on any atom is -0.334 e. The van der Waals surface area contributed by atoms with Crippen LogP contribution < -0.4 is 11.1 Å². The average molecular weight is 382 g/mol. The minimum atomic E-state index is -0.0278. The maximum Gasteiger partial charge on any atom is 0.254 e. The Kier molecular flexibility index (Phi) is 8.57. The fourth-order valence-corrected chi connectivity index (χ4v) is 3.43. The second kappa shape index (κ2) is 9.93. The highest BCUT2D eigenvalue weighted by Gasteiger charge is 2.29. The molecule has 2 unspecified atom stereocenters. The Labute approximate surface area is 163 Å². The number of benzene rings is 1. The summed E-state index contributed by atoms with van der Waals surface area (Å²) in [5, 5.41) is 2.93. The van der Waals surface area contributed by atoms with E-state index in [1.54, 1.807) is 6.07 Å². The highest BCUT2D eigenvalue weighted by molar-refractivity contribution is 5.96. The van der Waals surface area contributed by atoms with Crippen LogP contribution in [0.5, 0.6) is 0 Å². The van der Waals surface area contributed by atoms with E-state index in [2.05, 4.69) is 5.32 Å². The number of nitrogens with two attached hydrogens (primary N) is 1. The third-order valence-corrected chi connectivity index (χ3v) is 4.76. The predicted molar refractivity (Wildman–Crippen MR) is 109 cm³/mol. The van der Waals surface area contributed by atoms with Gasteiger partial charge in [0.15, 0.2) is 0 Å². The van der Waals surface area contributed by atoms with E-state index in [1.165, 1.54) is 0 Å². The molecule has 3 N–H and O–H groups in total. The third-order valence-electron chi connectivity index (χ3n) is 4.76. The Morgan fingerprint density at radius 1 is 1.27 bits per heavy atom. The van der Waals surface area contributed by atoms with Gasteiger partial charge in [0.05, 0.1) is 0 Å². The molecule has 2 amide bonds. The number of carbonyl (C=O) groups is 2. The number of nitrogens with zero attached hydrogens (tertiary/aromatic N) is 1. The Bertz CT molecular complexity index is 631. The molecule has 1 aromatic carbocycles. The molecule has 0 saturated carbocycles. The number of nitrogens with one attached hydrogen (secondary N) is 1. The number of rotatable bonds is 5. The third kappa shape index (κ3) is 5.71. The van der Waals surface area contributed by atoms with Crippen molar-refractivity contribution in [3.63, 3.8) is 0 Å². The van der Waals surface area contributed by atoms with Gasteiger partial charge in [0.2, 0.25) is 5.91 Å². The molecule has 1 heterocycles. The van der Waals surface area contributed by atoms with Crippen LogP contribution in [0.4, 0.5) is 5.69 Å². The number of halogens is 1. The number of anilines is 1. The van der Waals surface area contributed by atoms with Crippen molar-refractivity contribution in [2.75, 3.05) is 11.9 Å². The largest absolute Gasteiger partial charge is 0.334 e. The Morgan fingerprint density at radius 3 is 2.54 bits per heavy atom. The zero-order valence-electron chi connectivity index (χ0n) is 16.2. The lowest BCUT2D eigenvalue weighted by atomic mass is 9.95. The van der Waals surface area contributed by atoms with Crippen molar-refractivity contribution in [2.24, 2.45) is 11.7 Å². The van der Waals surface area contributed by atoms with Crippen molar-refractivity contribution in [2.45, 2.75) is 65.5 Å². The zero-order chi connectivity index (χ0) is 18.6. The van der Waals surface area contributed by atoms with E-state index in [0.717, 1.165) is 37.1 Å². The predicted octanol–water partition coefficient (Wildman–Crippen LogP) is 3.74. The molecule has 0 bridgehead atoms. The van der Waals surface area contributed by atoms with Crippen molar-refractivity contribution < 1.29 is 9.59 Å². The number of amides is 2. The first-order chi connectivity index (χ1) is 11.8. The molecule has 146 valence electrons.